The number of hydrogen-bond donors (Lipinski definition) is 2. The number of rotatable bonds is 4. The van der Waals surface area contributed by atoms with Crippen molar-refractivity contribution in [1.29, 1.82) is 0 Å². The average Bonchev–Trinajstić information content (AvgIpc) is 2.87. The predicted molar refractivity (Wildman–Crippen MR) is 66.4 cm³/mol. The zero-order valence-electron chi connectivity index (χ0n) is 10.6. The van der Waals surface area contributed by atoms with Crippen LogP contribution in [0.25, 0.3) is 0 Å². The van der Waals surface area contributed by atoms with Crippen LogP contribution in [0.3, 0.4) is 0 Å². The molecule has 1 amide bonds. The third-order valence-electron chi connectivity index (χ3n) is 3.19. The van der Waals surface area contributed by atoms with Crippen LogP contribution in [0, 0.1) is 6.92 Å². The van der Waals surface area contributed by atoms with Gasteiger partial charge in [-0.3, -0.25) is 9.78 Å². The number of carboxylic acid groups (broad SMARTS) is 1. The van der Waals surface area contributed by atoms with Crippen LogP contribution in [0.1, 0.15) is 24.0 Å². The molecule has 19 heavy (non-hydrogen) atoms. The summed E-state index contributed by atoms with van der Waals surface area (Å²) in [5.74, 6) is -1.29. The van der Waals surface area contributed by atoms with Gasteiger partial charge in [0.15, 0.2) is 6.10 Å². The lowest BCUT2D eigenvalue weighted by molar-refractivity contribution is -0.151. The van der Waals surface area contributed by atoms with Crippen molar-refractivity contribution in [3.63, 3.8) is 0 Å². The number of carbonyl (C=O) groups excluding carboxylic acids is 1. The molecule has 1 aliphatic heterocycles. The van der Waals surface area contributed by atoms with Gasteiger partial charge in [0, 0.05) is 18.9 Å². The van der Waals surface area contributed by atoms with E-state index in [9.17, 15) is 9.59 Å². The first-order valence-corrected chi connectivity index (χ1v) is 6.13. The molecule has 6 heteroatoms. The van der Waals surface area contributed by atoms with Crippen LogP contribution in [0.5, 0.6) is 0 Å². The number of nitrogens with one attached hydrogen (secondary N) is 1. The number of carbonyl (C=O) groups is 2. The molecule has 1 aliphatic rings. The van der Waals surface area contributed by atoms with Gasteiger partial charge < -0.3 is 15.2 Å². The molecule has 0 bridgehead atoms. The summed E-state index contributed by atoms with van der Waals surface area (Å²) in [6.07, 6.45) is 2.67. The van der Waals surface area contributed by atoms with E-state index in [1.165, 1.54) is 0 Å². The summed E-state index contributed by atoms with van der Waals surface area (Å²) in [4.78, 5) is 26.6. The van der Waals surface area contributed by atoms with Crippen LogP contribution in [0.15, 0.2) is 18.5 Å². The first-order chi connectivity index (χ1) is 9.08. The van der Waals surface area contributed by atoms with Crippen molar-refractivity contribution in [2.24, 2.45) is 0 Å². The van der Waals surface area contributed by atoms with Gasteiger partial charge >= 0.3 is 5.97 Å². The van der Waals surface area contributed by atoms with Gasteiger partial charge in [0.25, 0.3) is 0 Å². The summed E-state index contributed by atoms with van der Waals surface area (Å²) in [6, 6.07) is 1.87. The quantitative estimate of drug-likeness (QED) is 0.833. The van der Waals surface area contributed by atoms with Crippen molar-refractivity contribution in [3.05, 3.63) is 29.6 Å². The molecule has 1 fully saturated rings. The van der Waals surface area contributed by atoms with Crippen molar-refractivity contribution >= 4 is 11.9 Å². The maximum Gasteiger partial charge on any atom is 0.332 e. The van der Waals surface area contributed by atoms with E-state index in [0.29, 0.717) is 19.4 Å². The summed E-state index contributed by atoms with van der Waals surface area (Å²) in [5.41, 5.74) is 1.98. The van der Waals surface area contributed by atoms with E-state index < -0.39 is 18.2 Å². The molecule has 0 spiro atoms. The smallest absolute Gasteiger partial charge is 0.332 e. The highest BCUT2D eigenvalue weighted by Gasteiger charge is 2.34. The average molecular weight is 264 g/mol. The Morgan fingerprint density at radius 1 is 1.47 bits per heavy atom. The Labute approximate surface area is 110 Å². The summed E-state index contributed by atoms with van der Waals surface area (Å²) in [5, 5.41) is 11.5. The topological polar surface area (TPSA) is 88.5 Å². The summed E-state index contributed by atoms with van der Waals surface area (Å²) in [7, 11) is 0. The molecule has 0 aliphatic carbocycles. The Morgan fingerprint density at radius 3 is 2.84 bits per heavy atom. The van der Waals surface area contributed by atoms with E-state index in [2.05, 4.69) is 10.3 Å². The van der Waals surface area contributed by atoms with Crippen molar-refractivity contribution in [2.45, 2.75) is 38.5 Å². The van der Waals surface area contributed by atoms with E-state index in [0.717, 1.165) is 11.1 Å². The molecular weight excluding hydrogens is 248 g/mol. The number of aromatic nitrogens is 1. The fraction of sp³-hybridized carbons (Fsp3) is 0.462. The molecule has 1 saturated heterocycles. The lowest BCUT2D eigenvalue weighted by Gasteiger charge is -2.12. The Morgan fingerprint density at radius 2 is 2.21 bits per heavy atom. The van der Waals surface area contributed by atoms with E-state index in [1.807, 2.05) is 13.0 Å². The number of pyridine rings is 1. The van der Waals surface area contributed by atoms with E-state index in [-0.39, 0.29) is 5.91 Å². The second-order valence-electron chi connectivity index (χ2n) is 4.55. The van der Waals surface area contributed by atoms with Crippen LogP contribution in [0.2, 0.25) is 0 Å². The molecule has 0 saturated carbocycles. The lowest BCUT2D eigenvalue weighted by Crippen LogP contribution is -2.35. The van der Waals surface area contributed by atoms with Gasteiger partial charge in [0.1, 0.15) is 6.10 Å². The Balaban J connectivity index is 1.86. The van der Waals surface area contributed by atoms with Gasteiger partial charge in [-0.1, -0.05) is 0 Å². The molecule has 2 heterocycles. The molecule has 1 aromatic rings. The molecule has 6 nitrogen and oxygen atoms in total. The minimum absolute atomic E-state index is 0.271. The molecule has 102 valence electrons. The normalized spacial score (nSPS) is 22.2. The zero-order chi connectivity index (χ0) is 13.8. The van der Waals surface area contributed by atoms with Gasteiger partial charge in [-0.25, -0.2) is 4.79 Å². The third kappa shape index (κ3) is 3.29. The van der Waals surface area contributed by atoms with Gasteiger partial charge in [-0.15, -0.1) is 0 Å². The fourth-order valence-electron chi connectivity index (χ4n) is 1.99. The van der Waals surface area contributed by atoms with Crippen molar-refractivity contribution in [3.8, 4) is 0 Å². The van der Waals surface area contributed by atoms with Crippen molar-refractivity contribution in [2.75, 3.05) is 0 Å². The molecule has 2 N–H and O–H groups in total. The maximum absolute atomic E-state index is 11.8. The van der Waals surface area contributed by atoms with Crippen LogP contribution < -0.4 is 5.32 Å². The number of hydrogen-bond acceptors (Lipinski definition) is 4. The van der Waals surface area contributed by atoms with Crippen LogP contribution in [-0.4, -0.2) is 34.2 Å². The standard InChI is InChI=1S/C13H16N2O4/c1-8-4-5-14-6-9(8)7-15-12(16)10-2-3-11(19-10)13(17)18/h4-6,10-11H,2-3,7H2,1H3,(H,15,16)(H,17,18). The zero-order valence-corrected chi connectivity index (χ0v) is 10.6. The predicted octanol–water partition coefficient (Wildman–Crippen LogP) is 0.638. The van der Waals surface area contributed by atoms with E-state index in [4.69, 9.17) is 9.84 Å². The number of nitrogens with zero attached hydrogens (tertiary/aromatic N) is 1. The largest absolute Gasteiger partial charge is 0.479 e. The highest BCUT2D eigenvalue weighted by molar-refractivity contribution is 5.82. The summed E-state index contributed by atoms with van der Waals surface area (Å²) < 4.78 is 5.18. The minimum atomic E-state index is -1.02. The van der Waals surface area contributed by atoms with E-state index >= 15 is 0 Å². The summed E-state index contributed by atoms with van der Waals surface area (Å²) in [6.45, 7) is 2.31. The maximum atomic E-state index is 11.8. The molecule has 2 atom stereocenters. The molecular formula is C13H16N2O4. The number of amides is 1. The monoisotopic (exact) mass is 264 g/mol. The Hall–Kier alpha value is -1.95. The first-order valence-electron chi connectivity index (χ1n) is 6.13. The van der Waals surface area contributed by atoms with Crippen LogP contribution >= 0.6 is 0 Å². The second kappa shape index (κ2) is 5.79. The SMILES string of the molecule is Cc1ccncc1CNC(=O)C1CCC(C(=O)O)O1. The third-order valence-corrected chi connectivity index (χ3v) is 3.19. The minimum Gasteiger partial charge on any atom is -0.479 e. The van der Waals surface area contributed by atoms with Crippen molar-refractivity contribution < 1.29 is 19.4 Å². The van der Waals surface area contributed by atoms with Gasteiger partial charge in [-0.05, 0) is 37.0 Å². The number of aliphatic carboxylic acids is 1. The highest BCUT2D eigenvalue weighted by atomic mass is 16.5. The molecule has 0 aromatic carbocycles. The van der Waals surface area contributed by atoms with Crippen LogP contribution in [0.4, 0.5) is 0 Å². The fourth-order valence-corrected chi connectivity index (χ4v) is 1.99. The van der Waals surface area contributed by atoms with Gasteiger partial charge in [0.05, 0.1) is 0 Å². The number of ether oxygens (including phenoxy) is 1. The van der Waals surface area contributed by atoms with E-state index in [1.54, 1.807) is 12.4 Å². The Bertz CT molecular complexity index is 489. The van der Waals surface area contributed by atoms with Gasteiger partial charge in [-0.2, -0.15) is 0 Å². The lowest BCUT2D eigenvalue weighted by atomic mass is 10.1. The molecule has 0 radical (unpaired) electrons. The molecule has 1 aromatic heterocycles. The number of carboxylic acids is 1. The first kappa shape index (κ1) is 13.5. The van der Waals surface area contributed by atoms with Crippen LogP contribution in [-0.2, 0) is 20.9 Å². The Kier molecular flexibility index (Phi) is 4.11. The second-order valence-corrected chi connectivity index (χ2v) is 4.55. The number of aryl methyl sites for hydroxylation is 1. The van der Waals surface area contributed by atoms with Crippen molar-refractivity contribution in [1.82, 2.24) is 10.3 Å². The summed E-state index contributed by atoms with van der Waals surface area (Å²) >= 11 is 0. The molecule has 2 rings (SSSR count). The molecule has 2 unspecified atom stereocenters. The highest BCUT2D eigenvalue weighted by Crippen LogP contribution is 2.20. The van der Waals surface area contributed by atoms with Gasteiger partial charge in [0.2, 0.25) is 5.91 Å².